The van der Waals surface area contributed by atoms with E-state index in [9.17, 15) is 14.0 Å². The lowest BCUT2D eigenvalue weighted by Crippen LogP contribution is -2.41. The lowest BCUT2D eigenvalue weighted by molar-refractivity contribution is -0.136. The van der Waals surface area contributed by atoms with Crippen LogP contribution in [0.15, 0.2) is 29.1 Å². The van der Waals surface area contributed by atoms with Crippen molar-refractivity contribution in [2.75, 3.05) is 26.8 Å². The van der Waals surface area contributed by atoms with Gasteiger partial charge in [0.2, 0.25) is 5.91 Å². The highest BCUT2D eigenvalue weighted by Crippen LogP contribution is 2.24. The molecule has 3 rings (SSSR count). The van der Waals surface area contributed by atoms with Gasteiger partial charge in [-0.15, -0.1) is 5.10 Å². The molecule has 1 aliphatic heterocycles. The second kappa shape index (κ2) is 6.96. The normalized spacial score (nSPS) is 17.9. The smallest absolute Gasteiger partial charge is 0.348 e. The molecule has 24 heavy (non-hydrogen) atoms. The number of hydrogen-bond donors (Lipinski definition) is 1. The Morgan fingerprint density at radius 3 is 2.88 bits per heavy atom. The van der Waals surface area contributed by atoms with Gasteiger partial charge in [0, 0.05) is 26.1 Å². The number of H-pyrrole nitrogens is 1. The summed E-state index contributed by atoms with van der Waals surface area (Å²) < 4.78 is 19.1. The van der Waals surface area contributed by atoms with Crippen molar-refractivity contribution in [2.24, 2.45) is 0 Å². The van der Waals surface area contributed by atoms with Crippen LogP contribution in [0.3, 0.4) is 0 Å². The second-order valence-electron chi connectivity index (χ2n) is 5.82. The molecular weight excluding hydrogens is 315 g/mol. The first-order valence-corrected chi connectivity index (χ1v) is 7.80. The van der Waals surface area contributed by atoms with Crippen molar-refractivity contribution in [1.82, 2.24) is 19.7 Å². The van der Waals surface area contributed by atoms with Gasteiger partial charge < -0.3 is 9.64 Å². The minimum atomic E-state index is -0.378. The van der Waals surface area contributed by atoms with Crippen molar-refractivity contribution in [3.05, 3.63) is 46.4 Å². The summed E-state index contributed by atoms with van der Waals surface area (Å²) in [6.45, 7) is 1.23. The average molecular weight is 334 g/mol. The molecule has 1 fully saturated rings. The second-order valence-corrected chi connectivity index (χ2v) is 5.82. The summed E-state index contributed by atoms with van der Waals surface area (Å²) in [6.07, 6.45) is 1.68. The number of halogens is 1. The molecule has 2 aromatic rings. The van der Waals surface area contributed by atoms with Crippen LogP contribution < -0.4 is 5.69 Å². The average Bonchev–Trinajstić information content (AvgIpc) is 2.98. The quantitative estimate of drug-likeness (QED) is 0.906. The predicted octanol–water partition coefficient (Wildman–Crippen LogP) is 1.05. The summed E-state index contributed by atoms with van der Waals surface area (Å²) in [7, 11) is 1.49. The summed E-state index contributed by atoms with van der Waals surface area (Å²) >= 11 is 0. The van der Waals surface area contributed by atoms with Gasteiger partial charge in [-0.05, 0) is 37.1 Å². The first kappa shape index (κ1) is 16.4. The Hall–Kier alpha value is -2.48. The monoisotopic (exact) mass is 334 g/mol. The highest BCUT2D eigenvalue weighted by atomic mass is 19.1. The number of nitrogens with one attached hydrogen (secondary N) is 1. The van der Waals surface area contributed by atoms with Gasteiger partial charge in [-0.3, -0.25) is 9.78 Å². The molecule has 1 aliphatic rings. The molecular formula is C16H19FN4O3. The number of aromatic nitrogens is 3. The van der Waals surface area contributed by atoms with Crippen LogP contribution in [0.1, 0.15) is 24.6 Å². The Balaban J connectivity index is 1.80. The van der Waals surface area contributed by atoms with Crippen LogP contribution in [0.2, 0.25) is 0 Å². The van der Waals surface area contributed by atoms with Crippen LogP contribution in [0.4, 0.5) is 4.39 Å². The van der Waals surface area contributed by atoms with Crippen molar-refractivity contribution >= 4 is 5.91 Å². The van der Waals surface area contributed by atoms with E-state index in [-0.39, 0.29) is 29.9 Å². The van der Waals surface area contributed by atoms with Gasteiger partial charge in [0.1, 0.15) is 18.2 Å². The van der Waals surface area contributed by atoms with Crippen LogP contribution in [0.25, 0.3) is 5.69 Å². The zero-order valence-electron chi connectivity index (χ0n) is 13.4. The van der Waals surface area contributed by atoms with Crippen molar-refractivity contribution in [1.29, 1.82) is 0 Å². The van der Waals surface area contributed by atoms with E-state index in [1.54, 1.807) is 4.90 Å². The van der Waals surface area contributed by atoms with E-state index in [0.717, 1.165) is 12.8 Å². The Morgan fingerprint density at radius 2 is 2.17 bits per heavy atom. The van der Waals surface area contributed by atoms with E-state index in [0.29, 0.717) is 24.6 Å². The number of carbonyl (C=O) groups is 1. The van der Waals surface area contributed by atoms with Gasteiger partial charge in [0.05, 0.1) is 5.69 Å². The minimum Gasteiger partial charge on any atom is -0.375 e. The molecule has 1 aromatic carbocycles. The standard InChI is InChI=1S/C16H19FN4O3/c1-24-10-14(22)20-8-2-3-11(9-20)15-18-16(23)21(19-15)13-6-4-12(17)5-7-13/h4-7,11H,2-3,8-10H2,1H3,(H,18,19,23). The number of amides is 1. The van der Waals surface area contributed by atoms with E-state index in [2.05, 4.69) is 10.1 Å². The molecule has 1 amide bonds. The molecule has 0 spiro atoms. The molecule has 1 N–H and O–H groups in total. The van der Waals surface area contributed by atoms with Gasteiger partial charge in [-0.25, -0.2) is 9.18 Å². The van der Waals surface area contributed by atoms with Crippen molar-refractivity contribution in [2.45, 2.75) is 18.8 Å². The van der Waals surface area contributed by atoms with Crippen molar-refractivity contribution < 1.29 is 13.9 Å². The SMILES string of the molecule is COCC(=O)N1CCCC(c2nn(-c3ccc(F)cc3)c(=O)[nH]2)C1. The molecule has 8 heteroatoms. The molecule has 1 unspecified atom stereocenters. The number of ether oxygens (including phenoxy) is 1. The fraction of sp³-hybridized carbons (Fsp3) is 0.438. The predicted molar refractivity (Wildman–Crippen MR) is 84.6 cm³/mol. The van der Waals surface area contributed by atoms with E-state index in [4.69, 9.17) is 4.74 Å². The highest BCUT2D eigenvalue weighted by molar-refractivity contribution is 5.77. The molecule has 7 nitrogen and oxygen atoms in total. The van der Waals surface area contributed by atoms with Crippen LogP contribution in [0.5, 0.6) is 0 Å². The summed E-state index contributed by atoms with van der Waals surface area (Å²) in [4.78, 5) is 28.6. The highest BCUT2D eigenvalue weighted by Gasteiger charge is 2.27. The molecule has 1 atom stereocenters. The fourth-order valence-corrected chi connectivity index (χ4v) is 2.92. The van der Waals surface area contributed by atoms with Crippen molar-refractivity contribution in [3.8, 4) is 5.69 Å². The van der Waals surface area contributed by atoms with Gasteiger partial charge >= 0.3 is 5.69 Å². The summed E-state index contributed by atoms with van der Waals surface area (Å²) in [5.74, 6) is 0.0675. The van der Waals surface area contributed by atoms with Gasteiger partial charge in [-0.2, -0.15) is 4.68 Å². The number of hydrogen-bond acceptors (Lipinski definition) is 4. The zero-order valence-corrected chi connectivity index (χ0v) is 13.4. The summed E-state index contributed by atoms with van der Waals surface area (Å²) in [6, 6.07) is 5.55. The van der Waals surface area contributed by atoms with E-state index >= 15 is 0 Å². The van der Waals surface area contributed by atoms with Gasteiger partial charge in [0.15, 0.2) is 0 Å². The summed E-state index contributed by atoms with van der Waals surface area (Å²) in [5, 5.41) is 4.33. The Kier molecular flexibility index (Phi) is 4.75. The number of nitrogens with zero attached hydrogens (tertiary/aromatic N) is 3. The minimum absolute atomic E-state index is 0.0334. The first-order chi connectivity index (χ1) is 11.6. The molecule has 2 heterocycles. The number of benzene rings is 1. The van der Waals surface area contributed by atoms with Crippen molar-refractivity contribution in [3.63, 3.8) is 0 Å². The number of carbonyl (C=O) groups excluding carboxylic acids is 1. The molecule has 128 valence electrons. The molecule has 0 radical (unpaired) electrons. The third-order valence-corrected chi connectivity index (χ3v) is 4.13. The molecule has 1 saturated heterocycles. The van der Waals surface area contributed by atoms with Gasteiger partial charge in [-0.1, -0.05) is 0 Å². The topological polar surface area (TPSA) is 80.2 Å². The number of aromatic amines is 1. The maximum atomic E-state index is 13.0. The first-order valence-electron chi connectivity index (χ1n) is 7.80. The number of methoxy groups -OCH3 is 1. The van der Waals surface area contributed by atoms with Crippen LogP contribution in [0, 0.1) is 5.82 Å². The lowest BCUT2D eigenvalue weighted by Gasteiger charge is -2.31. The Labute approximate surface area is 138 Å². The van der Waals surface area contributed by atoms with E-state index < -0.39 is 0 Å². The Bertz CT molecular complexity index is 768. The van der Waals surface area contributed by atoms with E-state index in [1.165, 1.54) is 36.1 Å². The molecule has 0 bridgehead atoms. The Morgan fingerprint density at radius 1 is 1.42 bits per heavy atom. The van der Waals surface area contributed by atoms with Crippen LogP contribution in [-0.4, -0.2) is 52.4 Å². The third-order valence-electron chi connectivity index (χ3n) is 4.13. The van der Waals surface area contributed by atoms with Gasteiger partial charge in [0.25, 0.3) is 0 Å². The van der Waals surface area contributed by atoms with Crippen LogP contribution in [-0.2, 0) is 9.53 Å². The third kappa shape index (κ3) is 3.38. The molecule has 0 saturated carbocycles. The molecule has 0 aliphatic carbocycles. The number of rotatable bonds is 4. The maximum absolute atomic E-state index is 13.0. The maximum Gasteiger partial charge on any atom is 0.348 e. The fourth-order valence-electron chi connectivity index (χ4n) is 2.92. The summed E-state index contributed by atoms with van der Waals surface area (Å²) in [5.41, 5.74) is 0.115. The van der Waals surface area contributed by atoms with E-state index in [1.807, 2.05) is 0 Å². The lowest BCUT2D eigenvalue weighted by atomic mass is 9.97. The van der Waals surface area contributed by atoms with Crippen LogP contribution >= 0.6 is 0 Å². The largest absolute Gasteiger partial charge is 0.375 e. The number of likely N-dealkylation sites (tertiary alicyclic amines) is 1. The molecule has 1 aromatic heterocycles. The number of piperidine rings is 1. The zero-order chi connectivity index (χ0) is 17.1.